The molecule has 2 saturated heterocycles. The SMILES string of the molecule is CCc1ccccc1Nc1nc2ccc(CC(=O)Nc3ccc(C4CN(C(=O)CN5CCOCC5)CC4C(=O)O)cc3)cc2o1. The number of hydrogen-bond acceptors (Lipinski definition) is 8. The fourth-order valence-corrected chi connectivity index (χ4v) is 6.05. The van der Waals surface area contributed by atoms with Gasteiger partial charge in [-0.05, 0) is 53.4 Å². The number of fused-ring (bicyclic) bond motifs is 1. The molecule has 0 radical (unpaired) electrons. The predicted octanol–water partition coefficient (Wildman–Crippen LogP) is 4.27. The van der Waals surface area contributed by atoms with Crippen LogP contribution in [0.2, 0.25) is 0 Å². The minimum atomic E-state index is -0.920. The summed E-state index contributed by atoms with van der Waals surface area (Å²) < 4.78 is 11.3. The number of morpholine rings is 1. The molecule has 11 nitrogen and oxygen atoms in total. The van der Waals surface area contributed by atoms with Gasteiger partial charge in [0.25, 0.3) is 6.01 Å². The summed E-state index contributed by atoms with van der Waals surface area (Å²) in [6.45, 7) is 5.47. The number of hydrogen-bond donors (Lipinski definition) is 3. The summed E-state index contributed by atoms with van der Waals surface area (Å²) in [7, 11) is 0. The highest BCUT2D eigenvalue weighted by atomic mass is 16.5. The van der Waals surface area contributed by atoms with Crippen molar-refractivity contribution in [3.05, 3.63) is 83.4 Å². The number of oxazole rings is 1. The van der Waals surface area contributed by atoms with E-state index in [4.69, 9.17) is 9.15 Å². The fraction of sp³-hybridized carbons (Fsp3) is 0.353. The molecule has 0 aliphatic carbocycles. The van der Waals surface area contributed by atoms with Crippen molar-refractivity contribution < 1.29 is 28.6 Å². The summed E-state index contributed by atoms with van der Waals surface area (Å²) in [5.41, 5.74) is 5.59. The van der Waals surface area contributed by atoms with Gasteiger partial charge in [-0.25, -0.2) is 0 Å². The number of likely N-dealkylation sites (tertiary alicyclic amines) is 1. The molecule has 2 unspecified atom stereocenters. The summed E-state index contributed by atoms with van der Waals surface area (Å²) in [4.78, 5) is 46.1. The lowest BCUT2D eigenvalue weighted by atomic mass is 9.89. The highest BCUT2D eigenvalue weighted by Crippen LogP contribution is 2.34. The van der Waals surface area contributed by atoms with Crippen LogP contribution in [0, 0.1) is 5.92 Å². The van der Waals surface area contributed by atoms with Crippen LogP contribution in [0.3, 0.4) is 0 Å². The van der Waals surface area contributed by atoms with E-state index >= 15 is 0 Å². The zero-order valence-electron chi connectivity index (χ0n) is 25.2. The Labute approximate surface area is 261 Å². The summed E-state index contributed by atoms with van der Waals surface area (Å²) >= 11 is 0. The number of aromatic nitrogens is 1. The highest BCUT2D eigenvalue weighted by Gasteiger charge is 2.40. The number of amides is 2. The maximum absolute atomic E-state index is 12.9. The van der Waals surface area contributed by atoms with Crippen molar-refractivity contribution in [2.45, 2.75) is 25.7 Å². The average molecular weight is 612 g/mol. The number of aliphatic carboxylic acids is 1. The molecule has 2 fully saturated rings. The van der Waals surface area contributed by atoms with Crippen LogP contribution in [0.4, 0.5) is 17.4 Å². The van der Waals surface area contributed by atoms with E-state index in [1.54, 1.807) is 17.0 Å². The van der Waals surface area contributed by atoms with E-state index in [-0.39, 0.29) is 37.2 Å². The molecule has 3 aromatic carbocycles. The molecular formula is C34H37N5O6. The molecule has 0 spiro atoms. The second-order valence-corrected chi connectivity index (χ2v) is 11.5. The molecule has 11 heteroatoms. The molecule has 3 heterocycles. The van der Waals surface area contributed by atoms with Gasteiger partial charge in [-0.2, -0.15) is 4.98 Å². The normalized spacial score (nSPS) is 18.6. The predicted molar refractivity (Wildman–Crippen MR) is 170 cm³/mol. The number of para-hydroxylation sites is 1. The Morgan fingerprint density at radius 2 is 1.78 bits per heavy atom. The van der Waals surface area contributed by atoms with Gasteiger partial charge in [0.05, 0.1) is 32.1 Å². The molecule has 2 amide bonds. The van der Waals surface area contributed by atoms with Crippen molar-refractivity contribution in [1.82, 2.24) is 14.8 Å². The number of anilines is 3. The topological polar surface area (TPSA) is 137 Å². The standard InChI is InChI=1S/C34H37N5O6/c1-2-23-5-3-4-6-28(23)36-34-37-29-12-7-22(17-30(29)45-34)18-31(40)35-25-10-8-24(9-11-25)26-19-39(20-27(26)33(42)43)32(41)21-38-13-15-44-16-14-38/h3-12,17,26-27H,2,13-16,18-21H2,1H3,(H,35,40)(H,36,37)(H,42,43). The molecule has 2 aliphatic rings. The molecule has 2 atom stereocenters. The monoisotopic (exact) mass is 611 g/mol. The minimum Gasteiger partial charge on any atom is -0.481 e. The van der Waals surface area contributed by atoms with Crippen molar-refractivity contribution in [2.75, 3.05) is 56.6 Å². The van der Waals surface area contributed by atoms with Gasteiger partial charge in [-0.15, -0.1) is 0 Å². The lowest BCUT2D eigenvalue weighted by molar-refractivity contribution is -0.142. The van der Waals surface area contributed by atoms with E-state index in [2.05, 4.69) is 28.6 Å². The second-order valence-electron chi connectivity index (χ2n) is 11.5. The van der Waals surface area contributed by atoms with E-state index in [0.29, 0.717) is 55.6 Å². The summed E-state index contributed by atoms with van der Waals surface area (Å²) in [5, 5.41) is 16.1. The first-order valence-electron chi connectivity index (χ1n) is 15.3. The fourth-order valence-electron chi connectivity index (χ4n) is 6.05. The first kappa shape index (κ1) is 30.3. The maximum atomic E-state index is 12.9. The molecule has 1 aromatic heterocycles. The van der Waals surface area contributed by atoms with Gasteiger partial charge in [0.1, 0.15) is 5.52 Å². The Bertz CT molecular complexity index is 1680. The minimum absolute atomic E-state index is 0.0626. The molecule has 6 rings (SSSR count). The van der Waals surface area contributed by atoms with Gasteiger partial charge in [-0.3, -0.25) is 19.3 Å². The number of aryl methyl sites for hydroxylation is 1. The van der Waals surface area contributed by atoms with Gasteiger partial charge in [0.2, 0.25) is 11.8 Å². The molecule has 0 bridgehead atoms. The summed E-state index contributed by atoms with van der Waals surface area (Å²) in [5.74, 6) is -2.20. The van der Waals surface area contributed by atoms with Crippen LogP contribution in [0.15, 0.2) is 71.1 Å². The number of benzene rings is 3. The number of ether oxygens (including phenoxy) is 1. The van der Waals surface area contributed by atoms with Crippen LogP contribution in [0.1, 0.15) is 29.5 Å². The van der Waals surface area contributed by atoms with Crippen LogP contribution in [-0.2, 0) is 32.0 Å². The lowest BCUT2D eigenvalue weighted by Crippen LogP contribution is -2.44. The van der Waals surface area contributed by atoms with E-state index in [9.17, 15) is 19.5 Å². The van der Waals surface area contributed by atoms with Crippen molar-refractivity contribution >= 4 is 46.3 Å². The summed E-state index contributed by atoms with van der Waals surface area (Å²) in [6, 6.07) is 21.1. The molecule has 234 valence electrons. The van der Waals surface area contributed by atoms with Gasteiger partial charge in [-0.1, -0.05) is 43.3 Å². The zero-order chi connectivity index (χ0) is 31.3. The maximum Gasteiger partial charge on any atom is 0.308 e. The number of rotatable bonds is 10. The van der Waals surface area contributed by atoms with Crippen LogP contribution in [0.25, 0.3) is 11.1 Å². The number of nitrogens with zero attached hydrogens (tertiary/aromatic N) is 3. The van der Waals surface area contributed by atoms with Crippen LogP contribution >= 0.6 is 0 Å². The third-order valence-electron chi connectivity index (χ3n) is 8.53. The molecule has 0 saturated carbocycles. The molecule has 4 aromatic rings. The Morgan fingerprint density at radius 3 is 2.53 bits per heavy atom. The number of carbonyl (C=O) groups excluding carboxylic acids is 2. The van der Waals surface area contributed by atoms with Gasteiger partial charge in [0.15, 0.2) is 5.58 Å². The first-order chi connectivity index (χ1) is 21.9. The van der Waals surface area contributed by atoms with Crippen molar-refractivity contribution in [3.63, 3.8) is 0 Å². The molecule has 45 heavy (non-hydrogen) atoms. The van der Waals surface area contributed by atoms with Gasteiger partial charge in [0, 0.05) is 43.5 Å². The summed E-state index contributed by atoms with van der Waals surface area (Å²) in [6.07, 6.45) is 1.02. The smallest absolute Gasteiger partial charge is 0.308 e. The van der Waals surface area contributed by atoms with Crippen molar-refractivity contribution in [1.29, 1.82) is 0 Å². The van der Waals surface area contributed by atoms with Crippen molar-refractivity contribution in [2.24, 2.45) is 5.92 Å². The van der Waals surface area contributed by atoms with E-state index in [1.165, 1.54) is 0 Å². The van der Waals surface area contributed by atoms with Crippen LogP contribution in [-0.4, -0.2) is 83.6 Å². The van der Waals surface area contributed by atoms with Crippen LogP contribution in [0.5, 0.6) is 0 Å². The quantitative estimate of drug-likeness (QED) is 0.240. The second kappa shape index (κ2) is 13.5. The Kier molecular flexibility index (Phi) is 9.08. The van der Waals surface area contributed by atoms with E-state index in [1.807, 2.05) is 53.4 Å². The third-order valence-corrected chi connectivity index (χ3v) is 8.53. The largest absolute Gasteiger partial charge is 0.481 e. The average Bonchev–Trinajstić information content (AvgIpc) is 3.67. The Balaban J connectivity index is 1.06. The molecule has 2 aliphatic heterocycles. The highest BCUT2D eigenvalue weighted by molar-refractivity contribution is 5.93. The lowest BCUT2D eigenvalue weighted by Gasteiger charge is -2.28. The number of carbonyl (C=O) groups is 3. The first-order valence-corrected chi connectivity index (χ1v) is 15.3. The molecular weight excluding hydrogens is 574 g/mol. The Morgan fingerprint density at radius 1 is 1.00 bits per heavy atom. The van der Waals surface area contributed by atoms with Crippen molar-refractivity contribution in [3.8, 4) is 0 Å². The zero-order valence-corrected chi connectivity index (χ0v) is 25.2. The third kappa shape index (κ3) is 7.16. The van der Waals surface area contributed by atoms with E-state index in [0.717, 1.165) is 28.8 Å². The number of carboxylic acids is 1. The van der Waals surface area contributed by atoms with Gasteiger partial charge >= 0.3 is 5.97 Å². The van der Waals surface area contributed by atoms with E-state index < -0.39 is 11.9 Å². The van der Waals surface area contributed by atoms with Gasteiger partial charge < -0.3 is 29.8 Å². The van der Waals surface area contributed by atoms with Crippen LogP contribution < -0.4 is 10.6 Å². The Hall–Kier alpha value is -4.74. The number of nitrogens with one attached hydrogen (secondary N) is 2. The number of carboxylic acid groups (broad SMARTS) is 1. The molecule has 3 N–H and O–H groups in total.